The van der Waals surface area contributed by atoms with Crippen molar-refractivity contribution in [2.45, 2.75) is 42.9 Å². The predicted octanol–water partition coefficient (Wildman–Crippen LogP) is 3.99. The highest BCUT2D eigenvalue weighted by molar-refractivity contribution is 7.92. The molecule has 1 fully saturated rings. The van der Waals surface area contributed by atoms with Crippen LogP contribution in [-0.4, -0.2) is 53.7 Å². The number of carbonyl (C=O) groups is 1. The molecule has 4 aromatic rings. The highest BCUT2D eigenvalue weighted by Crippen LogP contribution is 2.26. The first kappa shape index (κ1) is 24.9. The van der Waals surface area contributed by atoms with Crippen molar-refractivity contribution < 1.29 is 13.2 Å². The number of amides is 1. The van der Waals surface area contributed by atoms with Crippen molar-refractivity contribution in [3.8, 4) is 11.3 Å². The molecule has 192 valence electrons. The Morgan fingerprint density at radius 3 is 2.54 bits per heavy atom. The minimum absolute atomic E-state index is 0.176. The number of piperidine rings is 1. The molecule has 0 unspecified atom stereocenters. The normalized spacial score (nSPS) is 16.3. The maximum Gasteiger partial charge on any atom is 0.255 e. The van der Waals surface area contributed by atoms with Crippen LogP contribution in [0.1, 0.15) is 37.0 Å². The lowest BCUT2D eigenvalue weighted by atomic mass is 10.1. The van der Waals surface area contributed by atoms with Gasteiger partial charge in [-0.25, -0.2) is 18.4 Å². The van der Waals surface area contributed by atoms with Crippen molar-refractivity contribution in [3.05, 3.63) is 66.5 Å². The number of H-pyrrole nitrogens is 1. The van der Waals surface area contributed by atoms with Gasteiger partial charge in [-0.2, -0.15) is 0 Å². The summed E-state index contributed by atoms with van der Waals surface area (Å²) in [5, 5.41) is 2.42. The second kappa shape index (κ2) is 9.95. The van der Waals surface area contributed by atoms with Gasteiger partial charge in [0, 0.05) is 42.1 Å². The van der Waals surface area contributed by atoms with E-state index >= 15 is 0 Å². The molecule has 3 heterocycles. The molecule has 2 aromatic heterocycles. The van der Waals surface area contributed by atoms with E-state index in [0.29, 0.717) is 28.1 Å². The number of hydrogen-bond donors (Lipinski definition) is 3. The Labute approximate surface area is 216 Å². The fraction of sp³-hybridized carbons (Fsp3) is 0.296. The van der Waals surface area contributed by atoms with E-state index in [1.54, 1.807) is 50.5 Å². The van der Waals surface area contributed by atoms with Crippen LogP contribution in [0, 0.1) is 0 Å². The molecule has 0 saturated carbocycles. The number of rotatable bonds is 6. The van der Waals surface area contributed by atoms with Gasteiger partial charge in [-0.05, 0) is 63.1 Å². The van der Waals surface area contributed by atoms with Gasteiger partial charge in [0.1, 0.15) is 5.52 Å². The van der Waals surface area contributed by atoms with Crippen molar-refractivity contribution in [2.24, 2.45) is 5.73 Å². The number of nitrogens with one attached hydrogen (secondary N) is 2. The minimum atomic E-state index is -3.36. The van der Waals surface area contributed by atoms with Crippen LogP contribution in [-0.2, 0) is 9.84 Å². The van der Waals surface area contributed by atoms with Crippen molar-refractivity contribution in [1.82, 2.24) is 15.0 Å². The predicted molar refractivity (Wildman–Crippen MR) is 145 cm³/mol. The molecule has 1 amide bonds. The summed E-state index contributed by atoms with van der Waals surface area (Å²) in [4.78, 5) is 27.6. The first-order chi connectivity index (χ1) is 17.7. The van der Waals surface area contributed by atoms with Crippen LogP contribution < -0.4 is 16.0 Å². The average Bonchev–Trinajstić information content (AvgIpc) is 3.30. The molecule has 1 saturated heterocycles. The molecule has 2 aromatic carbocycles. The lowest BCUT2D eigenvalue weighted by molar-refractivity contribution is 0.102. The Morgan fingerprint density at radius 1 is 1.14 bits per heavy atom. The van der Waals surface area contributed by atoms with E-state index in [0.717, 1.165) is 37.2 Å². The van der Waals surface area contributed by atoms with Crippen LogP contribution in [0.2, 0.25) is 0 Å². The van der Waals surface area contributed by atoms with Gasteiger partial charge in [0.25, 0.3) is 5.91 Å². The first-order valence-corrected chi connectivity index (χ1v) is 13.9. The van der Waals surface area contributed by atoms with E-state index in [-0.39, 0.29) is 16.8 Å². The average molecular weight is 519 g/mol. The minimum Gasteiger partial charge on any atom is -0.370 e. The summed E-state index contributed by atoms with van der Waals surface area (Å²) >= 11 is 0. The molecular weight excluding hydrogens is 488 g/mol. The summed E-state index contributed by atoms with van der Waals surface area (Å²) in [7, 11) is -3.36. The number of anilines is 2. The third-order valence-corrected chi connectivity index (χ3v) is 8.85. The van der Waals surface area contributed by atoms with E-state index in [1.165, 1.54) is 0 Å². The molecular formula is C27H30N6O3S. The number of nitrogens with zero attached hydrogens (tertiary/aromatic N) is 3. The maximum absolute atomic E-state index is 13.0. The number of fused-ring (bicyclic) bond motifs is 1. The van der Waals surface area contributed by atoms with Gasteiger partial charge in [-0.3, -0.25) is 4.79 Å². The SMILES string of the molecule is CC(C)S(=O)(=O)c1ccc(-c2cnc3[nH]cc(NC(=O)c4ccc(N5CCC[C@@H](N)C5)cc4)c3n2)cc1. The monoisotopic (exact) mass is 518 g/mol. The van der Waals surface area contributed by atoms with Crippen molar-refractivity contribution in [1.29, 1.82) is 0 Å². The Hall–Kier alpha value is -3.76. The fourth-order valence-corrected chi connectivity index (χ4v) is 5.54. The molecule has 37 heavy (non-hydrogen) atoms. The second-order valence-electron chi connectivity index (χ2n) is 9.62. The molecule has 1 aliphatic rings. The molecule has 0 aliphatic carbocycles. The fourth-order valence-electron chi connectivity index (χ4n) is 4.48. The van der Waals surface area contributed by atoms with Crippen LogP contribution in [0.25, 0.3) is 22.4 Å². The zero-order valence-electron chi connectivity index (χ0n) is 20.8. The van der Waals surface area contributed by atoms with Crippen LogP contribution in [0.3, 0.4) is 0 Å². The van der Waals surface area contributed by atoms with Crippen molar-refractivity contribution in [3.63, 3.8) is 0 Å². The van der Waals surface area contributed by atoms with Gasteiger partial charge in [0.15, 0.2) is 15.5 Å². The lowest BCUT2D eigenvalue weighted by Crippen LogP contribution is -2.42. The van der Waals surface area contributed by atoms with Crippen LogP contribution in [0.4, 0.5) is 11.4 Å². The number of benzene rings is 2. The molecule has 1 atom stereocenters. The summed E-state index contributed by atoms with van der Waals surface area (Å²) in [6, 6.07) is 14.3. The maximum atomic E-state index is 13.0. The van der Waals surface area contributed by atoms with Gasteiger partial charge >= 0.3 is 0 Å². The molecule has 9 nitrogen and oxygen atoms in total. The molecule has 10 heteroatoms. The first-order valence-electron chi connectivity index (χ1n) is 12.3. The zero-order valence-corrected chi connectivity index (χ0v) is 21.6. The number of carbonyl (C=O) groups excluding carboxylic acids is 1. The number of aromatic nitrogens is 3. The third kappa shape index (κ3) is 5.07. The van der Waals surface area contributed by atoms with Crippen molar-refractivity contribution >= 4 is 38.3 Å². The highest BCUT2D eigenvalue weighted by atomic mass is 32.2. The van der Waals surface area contributed by atoms with Crippen LogP contribution >= 0.6 is 0 Å². The summed E-state index contributed by atoms with van der Waals surface area (Å²) in [5.74, 6) is -0.252. The van der Waals surface area contributed by atoms with Crippen molar-refractivity contribution in [2.75, 3.05) is 23.3 Å². The lowest BCUT2D eigenvalue weighted by Gasteiger charge is -2.32. The number of aromatic amines is 1. The van der Waals surface area contributed by atoms with E-state index in [4.69, 9.17) is 5.73 Å². The number of hydrogen-bond acceptors (Lipinski definition) is 7. The van der Waals surface area contributed by atoms with Gasteiger partial charge in [0.05, 0.1) is 27.7 Å². The van der Waals surface area contributed by atoms with Gasteiger partial charge in [0.2, 0.25) is 0 Å². The van der Waals surface area contributed by atoms with E-state index in [9.17, 15) is 13.2 Å². The molecule has 1 aliphatic heterocycles. The molecule has 0 radical (unpaired) electrons. The summed E-state index contributed by atoms with van der Waals surface area (Å²) < 4.78 is 24.8. The second-order valence-corrected chi connectivity index (χ2v) is 12.1. The smallest absolute Gasteiger partial charge is 0.255 e. The largest absolute Gasteiger partial charge is 0.370 e. The zero-order chi connectivity index (χ0) is 26.2. The molecule has 5 rings (SSSR count). The quantitative estimate of drug-likeness (QED) is 0.351. The third-order valence-electron chi connectivity index (χ3n) is 6.68. The Kier molecular flexibility index (Phi) is 6.70. The van der Waals surface area contributed by atoms with E-state index < -0.39 is 15.1 Å². The highest BCUT2D eigenvalue weighted by Gasteiger charge is 2.20. The summed E-state index contributed by atoms with van der Waals surface area (Å²) in [6.07, 6.45) is 5.38. The topological polar surface area (TPSA) is 134 Å². The summed E-state index contributed by atoms with van der Waals surface area (Å²) in [5.41, 5.74) is 10.6. The molecule has 0 spiro atoms. The Morgan fingerprint density at radius 2 is 1.86 bits per heavy atom. The van der Waals surface area contributed by atoms with Crippen LogP contribution in [0.5, 0.6) is 0 Å². The Bertz CT molecular complexity index is 1530. The van der Waals surface area contributed by atoms with Gasteiger partial charge < -0.3 is 20.9 Å². The van der Waals surface area contributed by atoms with Crippen LogP contribution in [0.15, 0.2) is 65.8 Å². The molecule has 0 bridgehead atoms. The standard InChI is InChI=1S/C27H30N6O3S/c1-17(2)37(35,36)22-11-7-18(8-12-22)23-14-29-26-25(31-23)24(15-30-26)32-27(34)19-5-9-21(10-6-19)33-13-3-4-20(28)16-33/h5-12,14-15,17,20H,3-4,13,16,28H2,1-2H3,(H,29,30)(H,32,34)/t20-/m1/s1. The van der Waals surface area contributed by atoms with E-state index in [1.807, 2.05) is 24.3 Å². The molecule has 4 N–H and O–H groups in total. The van der Waals surface area contributed by atoms with Gasteiger partial charge in [-0.15, -0.1) is 0 Å². The summed E-state index contributed by atoms with van der Waals surface area (Å²) in [6.45, 7) is 5.09. The Balaban J connectivity index is 1.34. The van der Waals surface area contributed by atoms with Gasteiger partial charge in [-0.1, -0.05) is 12.1 Å². The van der Waals surface area contributed by atoms with E-state index in [2.05, 4.69) is 25.2 Å². The number of nitrogens with two attached hydrogens (primary N) is 1. The number of sulfone groups is 1.